The van der Waals surface area contributed by atoms with Gasteiger partial charge in [0.15, 0.2) is 0 Å². The minimum atomic E-state index is -2.53. The van der Waals surface area contributed by atoms with Crippen LogP contribution in [0.5, 0.6) is 0 Å². The largest absolute Gasteiger partial charge is 0.324 e. The minimum absolute atomic E-state index is 0.537. The van der Waals surface area contributed by atoms with E-state index >= 15 is 0 Å². The maximum atomic E-state index is 14.3. The van der Waals surface area contributed by atoms with Gasteiger partial charge in [0.2, 0.25) is 0 Å². The number of rotatable bonds is 5. The van der Waals surface area contributed by atoms with Crippen molar-refractivity contribution in [2.45, 2.75) is 109 Å². The fourth-order valence-electron chi connectivity index (χ4n) is 7.60. The fourth-order valence-corrected chi connectivity index (χ4v) is 9.22. The van der Waals surface area contributed by atoms with Gasteiger partial charge in [0.05, 0.1) is 12.6 Å². The van der Waals surface area contributed by atoms with Crippen LogP contribution < -0.4 is 0 Å². The van der Waals surface area contributed by atoms with Crippen molar-refractivity contribution in [3.05, 3.63) is 100 Å². The molecular formula is C37H53OP. The third-order valence-electron chi connectivity index (χ3n) is 10.9. The molecule has 0 aliphatic heterocycles. The molecule has 0 saturated carbocycles. The molecule has 3 aromatic carbocycles. The Kier molecular flexibility index (Phi) is 8.36. The van der Waals surface area contributed by atoms with Gasteiger partial charge in [-0.25, -0.2) is 0 Å². The van der Waals surface area contributed by atoms with E-state index in [1.807, 2.05) is 13.3 Å². The Balaban J connectivity index is 2.94. The van der Waals surface area contributed by atoms with Gasteiger partial charge in [0.1, 0.15) is 0 Å². The van der Waals surface area contributed by atoms with Crippen LogP contribution in [0.3, 0.4) is 0 Å². The normalized spacial score (nSPS) is 12.4. The highest BCUT2D eigenvalue weighted by Gasteiger charge is 2.47. The van der Waals surface area contributed by atoms with E-state index in [4.69, 9.17) is 0 Å². The van der Waals surface area contributed by atoms with Crippen LogP contribution in [-0.2, 0) is 9.98 Å². The molecule has 0 aliphatic carbocycles. The molecule has 0 unspecified atom stereocenters. The molecule has 0 heterocycles. The summed E-state index contributed by atoms with van der Waals surface area (Å²) in [6, 6.07) is 0. The highest BCUT2D eigenvalue weighted by Crippen LogP contribution is 2.57. The number of hydrogen-bond acceptors (Lipinski definition) is 1. The summed E-state index contributed by atoms with van der Waals surface area (Å²) in [5, 5.41) is 0. The predicted molar refractivity (Wildman–Crippen MR) is 175 cm³/mol. The van der Waals surface area contributed by atoms with E-state index in [-0.39, 0.29) is 0 Å². The van der Waals surface area contributed by atoms with Crippen molar-refractivity contribution < 1.29 is 4.57 Å². The van der Waals surface area contributed by atoms with E-state index in [0.29, 0.717) is 6.16 Å². The van der Waals surface area contributed by atoms with Gasteiger partial charge in [-0.2, -0.15) is 0 Å². The Morgan fingerprint density at radius 2 is 0.513 bits per heavy atom. The second-order valence-electron chi connectivity index (χ2n) is 13.1. The van der Waals surface area contributed by atoms with E-state index in [1.54, 1.807) is 0 Å². The first-order valence-electron chi connectivity index (χ1n) is 14.5. The first kappa shape index (κ1) is 31.4. The average molecular weight is 545 g/mol. The van der Waals surface area contributed by atoms with Crippen molar-refractivity contribution in [1.29, 1.82) is 0 Å². The van der Waals surface area contributed by atoms with Crippen LogP contribution >= 0.6 is 7.14 Å². The molecule has 3 rings (SSSR count). The zero-order valence-corrected chi connectivity index (χ0v) is 29.0. The molecule has 39 heavy (non-hydrogen) atoms. The van der Waals surface area contributed by atoms with Gasteiger partial charge in [-0.3, -0.25) is 0 Å². The quantitative estimate of drug-likeness (QED) is 0.231. The Bertz CT molecular complexity index is 1300. The van der Waals surface area contributed by atoms with Gasteiger partial charge in [0.25, 0.3) is 0 Å². The lowest BCUT2D eigenvalue weighted by molar-refractivity contribution is 0.566. The maximum absolute atomic E-state index is 14.3. The second kappa shape index (κ2) is 10.4. The van der Waals surface area contributed by atoms with Gasteiger partial charge >= 0.3 is 0 Å². The van der Waals surface area contributed by atoms with Crippen LogP contribution in [0, 0.1) is 104 Å². The molecule has 3 aromatic rings. The Labute approximate surface area is 240 Å². The lowest BCUT2D eigenvalue weighted by Crippen LogP contribution is -2.40. The Morgan fingerprint density at radius 3 is 0.667 bits per heavy atom. The highest BCUT2D eigenvalue weighted by molar-refractivity contribution is 7.62. The molecule has 0 aromatic heterocycles. The summed E-state index contributed by atoms with van der Waals surface area (Å²) in [5.41, 5.74) is 23.8. The maximum Gasteiger partial charge on any atom is 0.0834 e. The molecule has 0 saturated heterocycles. The Hall–Kier alpha value is -2.11. The van der Waals surface area contributed by atoms with Crippen LogP contribution in [0.15, 0.2) is 0 Å². The zero-order valence-electron chi connectivity index (χ0n) is 28.1. The molecule has 2 heteroatoms. The summed E-state index contributed by atoms with van der Waals surface area (Å²) in [6.45, 7) is 38.3. The lowest BCUT2D eigenvalue weighted by Gasteiger charge is -2.45. The fraction of sp³-hybridized carbons (Fsp3) is 0.514. The third-order valence-corrected chi connectivity index (χ3v) is 12.1. The van der Waals surface area contributed by atoms with Gasteiger partial charge in [0, 0.05) is 6.16 Å². The highest BCUT2D eigenvalue weighted by atomic mass is 31.2. The van der Waals surface area contributed by atoms with E-state index in [9.17, 15) is 4.57 Å². The van der Waals surface area contributed by atoms with Crippen molar-refractivity contribution in [3.63, 3.8) is 0 Å². The minimum Gasteiger partial charge on any atom is -0.324 e. The molecule has 212 valence electrons. The first-order valence-corrected chi connectivity index (χ1v) is 17.3. The average Bonchev–Trinajstić information content (AvgIpc) is 2.85. The van der Waals surface area contributed by atoms with Crippen LogP contribution in [0.4, 0.5) is 0 Å². The number of hydrogen-bond donors (Lipinski definition) is 0. The van der Waals surface area contributed by atoms with Crippen molar-refractivity contribution in [1.82, 2.24) is 0 Å². The molecule has 0 bridgehead atoms. The molecule has 1 nitrogen and oxygen atoms in total. The van der Waals surface area contributed by atoms with Crippen LogP contribution in [-0.4, -0.2) is 19.5 Å². The molecular weight excluding hydrogens is 491 g/mol. The number of benzene rings is 3. The monoisotopic (exact) mass is 544 g/mol. The van der Waals surface area contributed by atoms with E-state index in [1.165, 1.54) is 100 Å². The van der Waals surface area contributed by atoms with Crippen LogP contribution in [0.25, 0.3) is 0 Å². The van der Waals surface area contributed by atoms with E-state index < -0.39 is 12.6 Å². The molecule has 0 fully saturated rings. The molecule has 0 atom stereocenters. The summed E-state index contributed by atoms with van der Waals surface area (Å²) in [6.07, 6.45) is 0.608. The Morgan fingerprint density at radius 1 is 0.359 bits per heavy atom. The summed E-state index contributed by atoms with van der Waals surface area (Å²) in [4.78, 5) is 0. The molecule has 0 N–H and O–H groups in total. The smallest absolute Gasteiger partial charge is 0.0834 e. The van der Waals surface area contributed by atoms with Gasteiger partial charge in [-0.1, -0.05) is 0 Å². The summed E-state index contributed by atoms with van der Waals surface area (Å²) in [5.74, 6) is 0. The van der Waals surface area contributed by atoms with Gasteiger partial charge in [-0.15, -0.1) is 0 Å². The van der Waals surface area contributed by atoms with Crippen molar-refractivity contribution in [3.8, 4) is 0 Å². The third kappa shape index (κ3) is 4.68. The molecule has 0 spiro atoms. The molecule has 0 amide bonds. The van der Waals surface area contributed by atoms with Crippen LogP contribution in [0.1, 0.15) is 100 Å². The molecule has 0 radical (unpaired) electrons. The topological polar surface area (TPSA) is 17.1 Å². The standard InChI is InChI=1S/C37H53OP/c1-19-22(4)28(10)34(29(11)23(19)5)37(18-39(16,17)38,35-30(12)24(6)20(2)25(7)31(35)13)36-32(14)26(8)21(3)27(9)33(36)15/h18H2,1-17H3. The summed E-state index contributed by atoms with van der Waals surface area (Å²) in [7, 11) is -2.53. The predicted octanol–water partition coefficient (Wildman–Crippen LogP) is 10.3. The summed E-state index contributed by atoms with van der Waals surface area (Å²) < 4.78 is 14.3. The first-order chi connectivity index (χ1) is 17.7. The SMILES string of the molecule is Cc1c(C)c(C)c(C(CP(C)(C)=O)(c2c(C)c(C)c(C)c(C)c2C)c2c(C)c(C)c(C)c(C)c2C)c(C)c1C. The second-order valence-corrected chi connectivity index (χ2v) is 16.6. The van der Waals surface area contributed by atoms with Gasteiger partial charge in [-0.05, 0) is 217 Å². The summed E-state index contributed by atoms with van der Waals surface area (Å²) >= 11 is 0. The zero-order chi connectivity index (χ0) is 30.1. The van der Waals surface area contributed by atoms with Crippen molar-refractivity contribution in [2.24, 2.45) is 0 Å². The van der Waals surface area contributed by atoms with Crippen LogP contribution in [0.2, 0.25) is 0 Å². The molecule has 0 aliphatic rings. The lowest BCUT2D eigenvalue weighted by atomic mass is 9.60. The van der Waals surface area contributed by atoms with Crippen molar-refractivity contribution in [2.75, 3.05) is 19.5 Å². The van der Waals surface area contributed by atoms with E-state index in [2.05, 4.69) is 104 Å². The van der Waals surface area contributed by atoms with Crippen molar-refractivity contribution >= 4 is 7.14 Å². The van der Waals surface area contributed by atoms with E-state index in [0.717, 1.165) is 0 Å². The van der Waals surface area contributed by atoms with Gasteiger partial charge < -0.3 is 4.57 Å².